The van der Waals surface area contributed by atoms with Crippen molar-refractivity contribution in [2.75, 3.05) is 27.9 Å². The summed E-state index contributed by atoms with van der Waals surface area (Å²) in [5.74, 6) is -0.192. The van der Waals surface area contributed by atoms with E-state index in [-0.39, 0.29) is 11.9 Å². The maximum Gasteiger partial charge on any atom is 0.501 e. The zero-order valence-electron chi connectivity index (χ0n) is 11.6. The van der Waals surface area contributed by atoms with E-state index < -0.39 is 8.80 Å². The molecule has 0 fully saturated rings. The van der Waals surface area contributed by atoms with Crippen molar-refractivity contribution in [2.24, 2.45) is 11.8 Å². The van der Waals surface area contributed by atoms with E-state index in [1.165, 1.54) is 21.3 Å². The molecule has 0 aliphatic heterocycles. The Morgan fingerprint density at radius 3 is 1.88 bits per heavy atom. The molecule has 0 heterocycles. The van der Waals surface area contributed by atoms with E-state index in [1.54, 1.807) is 6.92 Å². The molecule has 1 atom stereocenters. The fourth-order valence-corrected chi connectivity index (χ4v) is 3.27. The molecule has 0 aromatic heterocycles. The maximum atomic E-state index is 11.7. The van der Waals surface area contributed by atoms with Crippen LogP contribution in [-0.4, -0.2) is 42.7 Å². The standard InChI is InChI=1S/C11H24O5Si/c1-9(2)7-16-11(12)10(3)8-17(13-4,14-5)15-6/h9-10H,7-8H2,1-6H3. The van der Waals surface area contributed by atoms with Crippen LogP contribution in [0.5, 0.6) is 0 Å². The maximum absolute atomic E-state index is 11.7. The molecule has 5 nitrogen and oxygen atoms in total. The molecule has 0 saturated heterocycles. The molecule has 0 aromatic carbocycles. The van der Waals surface area contributed by atoms with Crippen molar-refractivity contribution in [1.29, 1.82) is 0 Å². The van der Waals surface area contributed by atoms with E-state index in [4.69, 9.17) is 18.0 Å². The lowest BCUT2D eigenvalue weighted by molar-refractivity contribution is -0.148. The number of carbonyl (C=O) groups excluding carboxylic acids is 1. The van der Waals surface area contributed by atoms with Gasteiger partial charge >= 0.3 is 14.8 Å². The van der Waals surface area contributed by atoms with Crippen molar-refractivity contribution in [2.45, 2.75) is 26.8 Å². The van der Waals surface area contributed by atoms with Crippen molar-refractivity contribution in [3.8, 4) is 0 Å². The summed E-state index contributed by atoms with van der Waals surface area (Å²) in [5.41, 5.74) is 0. The molecule has 0 amide bonds. The monoisotopic (exact) mass is 264 g/mol. The molecule has 0 aromatic rings. The minimum Gasteiger partial charge on any atom is -0.465 e. The topological polar surface area (TPSA) is 54.0 Å². The average molecular weight is 264 g/mol. The van der Waals surface area contributed by atoms with Crippen LogP contribution in [0.3, 0.4) is 0 Å². The van der Waals surface area contributed by atoms with Gasteiger partial charge in [0, 0.05) is 27.4 Å². The SMILES string of the molecule is CO[Si](CC(C)C(=O)OCC(C)C)(OC)OC. The number of ether oxygens (including phenoxy) is 1. The number of rotatable bonds is 8. The van der Waals surface area contributed by atoms with Gasteiger partial charge in [-0.05, 0) is 5.92 Å². The van der Waals surface area contributed by atoms with Crippen molar-refractivity contribution < 1.29 is 22.8 Å². The van der Waals surface area contributed by atoms with E-state index in [1.807, 2.05) is 13.8 Å². The van der Waals surface area contributed by atoms with Crippen LogP contribution in [0.15, 0.2) is 0 Å². The first-order chi connectivity index (χ1) is 7.90. The predicted octanol–water partition coefficient (Wildman–Crippen LogP) is 1.70. The third-order valence-electron chi connectivity index (χ3n) is 2.45. The molecule has 102 valence electrons. The second kappa shape index (κ2) is 7.81. The third-order valence-corrected chi connectivity index (χ3v) is 5.43. The lowest BCUT2D eigenvalue weighted by atomic mass is 10.2. The lowest BCUT2D eigenvalue weighted by Gasteiger charge is -2.26. The number of hydrogen-bond acceptors (Lipinski definition) is 5. The van der Waals surface area contributed by atoms with Gasteiger partial charge in [-0.25, -0.2) is 0 Å². The van der Waals surface area contributed by atoms with Crippen LogP contribution < -0.4 is 0 Å². The Labute approximate surface area is 105 Å². The molecule has 0 saturated carbocycles. The van der Waals surface area contributed by atoms with Crippen molar-refractivity contribution in [3.05, 3.63) is 0 Å². The Hall–Kier alpha value is -0.433. The van der Waals surface area contributed by atoms with Gasteiger partial charge in [0.1, 0.15) is 0 Å². The highest BCUT2D eigenvalue weighted by molar-refractivity contribution is 6.60. The molecule has 0 rings (SSSR count). The Bertz CT molecular complexity index is 220. The highest BCUT2D eigenvalue weighted by Crippen LogP contribution is 2.20. The third kappa shape index (κ3) is 5.63. The average Bonchev–Trinajstić information content (AvgIpc) is 2.32. The fraction of sp³-hybridized carbons (Fsp3) is 0.909. The number of hydrogen-bond donors (Lipinski definition) is 0. The second-order valence-corrected chi connectivity index (χ2v) is 7.42. The van der Waals surface area contributed by atoms with E-state index in [0.29, 0.717) is 18.6 Å². The van der Waals surface area contributed by atoms with Crippen LogP contribution >= 0.6 is 0 Å². The normalized spacial score (nSPS) is 13.8. The van der Waals surface area contributed by atoms with Crippen molar-refractivity contribution in [1.82, 2.24) is 0 Å². The fourth-order valence-electron chi connectivity index (χ4n) is 1.35. The minimum atomic E-state index is -2.70. The van der Waals surface area contributed by atoms with Gasteiger partial charge in [0.2, 0.25) is 0 Å². The van der Waals surface area contributed by atoms with Gasteiger partial charge in [0.15, 0.2) is 0 Å². The summed E-state index contributed by atoms with van der Waals surface area (Å²) in [4.78, 5) is 11.7. The summed E-state index contributed by atoms with van der Waals surface area (Å²) in [6, 6.07) is 0.424. The van der Waals surface area contributed by atoms with Crippen LogP contribution in [0.4, 0.5) is 0 Å². The van der Waals surface area contributed by atoms with Crippen LogP contribution in [0.2, 0.25) is 6.04 Å². The Morgan fingerprint density at radius 1 is 1.06 bits per heavy atom. The smallest absolute Gasteiger partial charge is 0.465 e. The zero-order valence-corrected chi connectivity index (χ0v) is 12.6. The van der Waals surface area contributed by atoms with Gasteiger partial charge in [-0.1, -0.05) is 20.8 Å². The summed E-state index contributed by atoms with van der Waals surface area (Å²) in [6.45, 7) is 6.22. The molecule has 0 bridgehead atoms. The van der Waals surface area contributed by atoms with E-state index in [2.05, 4.69) is 0 Å². The molecule has 6 heteroatoms. The van der Waals surface area contributed by atoms with Crippen molar-refractivity contribution in [3.63, 3.8) is 0 Å². The molecule has 0 aliphatic carbocycles. The molecule has 0 N–H and O–H groups in total. The molecule has 0 aliphatic rings. The molecule has 1 unspecified atom stereocenters. The molecule has 0 spiro atoms. The van der Waals surface area contributed by atoms with Gasteiger partial charge in [0.25, 0.3) is 0 Å². The summed E-state index contributed by atoms with van der Waals surface area (Å²) in [5, 5.41) is 0. The Balaban J connectivity index is 4.30. The molecular formula is C11H24O5Si. The van der Waals surface area contributed by atoms with Gasteiger partial charge in [0.05, 0.1) is 12.5 Å². The van der Waals surface area contributed by atoms with Crippen molar-refractivity contribution >= 4 is 14.8 Å². The quantitative estimate of drug-likeness (QED) is 0.493. The predicted molar refractivity (Wildman–Crippen MR) is 66.5 cm³/mol. The van der Waals surface area contributed by atoms with Crippen LogP contribution in [-0.2, 0) is 22.8 Å². The Morgan fingerprint density at radius 2 is 1.53 bits per heavy atom. The van der Waals surface area contributed by atoms with E-state index >= 15 is 0 Å². The first kappa shape index (κ1) is 16.6. The van der Waals surface area contributed by atoms with Crippen LogP contribution in [0.25, 0.3) is 0 Å². The molecule has 17 heavy (non-hydrogen) atoms. The lowest BCUT2D eigenvalue weighted by Crippen LogP contribution is -2.45. The van der Waals surface area contributed by atoms with Crippen LogP contribution in [0.1, 0.15) is 20.8 Å². The Kier molecular flexibility index (Phi) is 7.61. The second-order valence-electron chi connectivity index (χ2n) is 4.42. The number of esters is 1. The summed E-state index contributed by atoms with van der Waals surface area (Å²) >= 11 is 0. The first-order valence-electron chi connectivity index (χ1n) is 5.72. The minimum absolute atomic E-state index is 0.235. The first-order valence-corrected chi connectivity index (χ1v) is 7.66. The van der Waals surface area contributed by atoms with Gasteiger partial charge in [-0.15, -0.1) is 0 Å². The molecule has 0 radical (unpaired) electrons. The molecular weight excluding hydrogens is 240 g/mol. The summed E-state index contributed by atoms with van der Waals surface area (Å²) in [7, 11) is 1.90. The van der Waals surface area contributed by atoms with Gasteiger partial charge in [-0.3, -0.25) is 4.79 Å². The summed E-state index contributed by atoms with van der Waals surface area (Å²) in [6.07, 6.45) is 0. The highest BCUT2D eigenvalue weighted by Gasteiger charge is 2.41. The largest absolute Gasteiger partial charge is 0.501 e. The highest BCUT2D eigenvalue weighted by atomic mass is 28.4. The zero-order chi connectivity index (χ0) is 13.5. The van der Waals surface area contributed by atoms with Crippen LogP contribution in [0, 0.1) is 11.8 Å². The van der Waals surface area contributed by atoms with E-state index in [0.717, 1.165) is 0 Å². The van der Waals surface area contributed by atoms with Gasteiger partial charge < -0.3 is 18.0 Å². The van der Waals surface area contributed by atoms with Gasteiger partial charge in [-0.2, -0.15) is 0 Å². The number of carbonyl (C=O) groups is 1. The van der Waals surface area contributed by atoms with E-state index in [9.17, 15) is 4.79 Å². The summed E-state index contributed by atoms with van der Waals surface area (Å²) < 4.78 is 21.0.